The van der Waals surface area contributed by atoms with Crippen molar-refractivity contribution in [3.63, 3.8) is 0 Å². The first-order chi connectivity index (χ1) is 9.10. The quantitative estimate of drug-likeness (QED) is 0.902. The first-order valence-corrected chi connectivity index (χ1v) is 6.98. The Morgan fingerprint density at radius 3 is 2.95 bits per heavy atom. The third-order valence-electron chi connectivity index (χ3n) is 2.73. The van der Waals surface area contributed by atoms with Gasteiger partial charge >= 0.3 is 6.03 Å². The highest BCUT2D eigenvalue weighted by Gasteiger charge is 2.13. The Labute approximate surface area is 115 Å². The molecule has 0 aromatic carbocycles. The van der Waals surface area contributed by atoms with Crippen molar-refractivity contribution in [2.24, 2.45) is 7.05 Å². The summed E-state index contributed by atoms with van der Waals surface area (Å²) < 4.78 is 1.60. The van der Waals surface area contributed by atoms with Gasteiger partial charge in [0.2, 0.25) is 0 Å². The molecule has 0 saturated carbocycles. The van der Waals surface area contributed by atoms with Crippen LogP contribution in [0.25, 0.3) is 0 Å². The summed E-state index contributed by atoms with van der Waals surface area (Å²) >= 11 is 1.62. The van der Waals surface area contributed by atoms with Gasteiger partial charge in [0.15, 0.2) is 0 Å². The number of carbonyl (C=O) groups excluding carboxylic acids is 1. The zero-order valence-electron chi connectivity index (χ0n) is 11.2. The van der Waals surface area contributed by atoms with Gasteiger partial charge in [0.1, 0.15) is 5.82 Å². The molecule has 0 spiro atoms. The lowest BCUT2D eigenvalue weighted by Crippen LogP contribution is -2.32. The van der Waals surface area contributed by atoms with E-state index in [-0.39, 0.29) is 12.1 Å². The standard InChI is InChI=1S/C12H17N5OS/c1-4-11-15-9(7-19-11)8(2)14-12(18)16-10-5-6-13-17(10)3/h5-8H,4H2,1-3H3,(H2,14,16,18)/t8-/m1/s1. The van der Waals surface area contributed by atoms with Crippen LogP contribution in [-0.4, -0.2) is 20.8 Å². The molecule has 1 atom stereocenters. The summed E-state index contributed by atoms with van der Waals surface area (Å²) in [6, 6.07) is 1.36. The molecule has 19 heavy (non-hydrogen) atoms. The average molecular weight is 279 g/mol. The van der Waals surface area contributed by atoms with Crippen LogP contribution >= 0.6 is 11.3 Å². The van der Waals surface area contributed by atoms with Gasteiger partial charge in [-0.1, -0.05) is 6.92 Å². The largest absolute Gasteiger partial charge is 0.330 e. The molecular formula is C12H17N5OS. The zero-order valence-corrected chi connectivity index (χ0v) is 12.0. The monoisotopic (exact) mass is 279 g/mol. The van der Waals surface area contributed by atoms with Gasteiger partial charge in [-0.25, -0.2) is 9.78 Å². The highest BCUT2D eigenvalue weighted by molar-refractivity contribution is 7.09. The molecular weight excluding hydrogens is 262 g/mol. The number of aromatic nitrogens is 3. The van der Waals surface area contributed by atoms with Crippen LogP contribution in [-0.2, 0) is 13.5 Å². The SMILES string of the molecule is CCc1nc([C@@H](C)NC(=O)Nc2ccnn2C)cs1. The highest BCUT2D eigenvalue weighted by Crippen LogP contribution is 2.17. The number of nitrogens with zero attached hydrogens (tertiary/aromatic N) is 3. The predicted molar refractivity (Wildman–Crippen MR) is 75.3 cm³/mol. The molecule has 7 heteroatoms. The van der Waals surface area contributed by atoms with Gasteiger partial charge in [0.05, 0.1) is 22.9 Å². The minimum absolute atomic E-state index is 0.121. The molecule has 0 bridgehead atoms. The number of hydrogen-bond donors (Lipinski definition) is 2. The van der Waals surface area contributed by atoms with E-state index in [0.29, 0.717) is 5.82 Å². The van der Waals surface area contributed by atoms with Crippen LogP contribution in [0, 0.1) is 0 Å². The lowest BCUT2D eigenvalue weighted by Gasteiger charge is -2.12. The molecule has 0 aliphatic rings. The smallest absolute Gasteiger partial charge is 0.320 e. The van der Waals surface area contributed by atoms with Gasteiger partial charge < -0.3 is 5.32 Å². The summed E-state index contributed by atoms with van der Waals surface area (Å²) in [7, 11) is 1.77. The normalized spacial score (nSPS) is 12.2. The maximum atomic E-state index is 11.8. The van der Waals surface area contributed by atoms with E-state index in [1.54, 1.807) is 35.3 Å². The van der Waals surface area contributed by atoms with Crippen molar-refractivity contribution >= 4 is 23.2 Å². The Morgan fingerprint density at radius 2 is 2.37 bits per heavy atom. The Balaban J connectivity index is 1.93. The Kier molecular flexibility index (Phi) is 4.16. The summed E-state index contributed by atoms with van der Waals surface area (Å²) in [5, 5.41) is 12.6. The van der Waals surface area contributed by atoms with E-state index >= 15 is 0 Å². The molecule has 0 radical (unpaired) electrons. The summed E-state index contributed by atoms with van der Waals surface area (Å²) in [4.78, 5) is 16.3. The highest BCUT2D eigenvalue weighted by atomic mass is 32.1. The summed E-state index contributed by atoms with van der Waals surface area (Å²) in [6.07, 6.45) is 2.55. The van der Waals surface area contributed by atoms with Crippen LogP contribution in [0.5, 0.6) is 0 Å². The summed E-state index contributed by atoms with van der Waals surface area (Å²) in [6.45, 7) is 3.98. The van der Waals surface area contributed by atoms with Gasteiger partial charge in [-0.15, -0.1) is 11.3 Å². The van der Waals surface area contributed by atoms with Crippen LogP contribution in [0.15, 0.2) is 17.6 Å². The van der Waals surface area contributed by atoms with Crippen molar-refractivity contribution in [1.29, 1.82) is 0 Å². The molecule has 0 fully saturated rings. The second-order valence-electron chi connectivity index (χ2n) is 4.18. The zero-order chi connectivity index (χ0) is 13.8. The van der Waals surface area contributed by atoms with E-state index in [9.17, 15) is 4.79 Å². The molecule has 0 unspecified atom stereocenters. The topological polar surface area (TPSA) is 71.8 Å². The van der Waals surface area contributed by atoms with Crippen molar-refractivity contribution in [1.82, 2.24) is 20.1 Å². The fraction of sp³-hybridized carbons (Fsp3) is 0.417. The van der Waals surface area contributed by atoms with Crippen molar-refractivity contribution < 1.29 is 4.79 Å². The van der Waals surface area contributed by atoms with Crippen LogP contribution in [0.4, 0.5) is 10.6 Å². The Hall–Kier alpha value is -1.89. The number of nitrogens with one attached hydrogen (secondary N) is 2. The van der Waals surface area contributed by atoms with Crippen LogP contribution < -0.4 is 10.6 Å². The minimum atomic E-state index is -0.262. The van der Waals surface area contributed by atoms with E-state index in [1.165, 1.54) is 0 Å². The molecule has 0 aliphatic carbocycles. The molecule has 2 heterocycles. The van der Waals surface area contributed by atoms with Crippen LogP contribution in [0.2, 0.25) is 0 Å². The third kappa shape index (κ3) is 3.31. The first kappa shape index (κ1) is 13.5. The van der Waals surface area contributed by atoms with Crippen molar-refractivity contribution in [3.8, 4) is 0 Å². The number of anilines is 1. The number of rotatable bonds is 4. The molecule has 0 aliphatic heterocycles. The number of hydrogen-bond acceptors (Lipinski definition) is 4. The predicted octanol–water partition coefficient (Wildman–Crippen LogP) is 2.32. The number of thiazole rings is 1. The van der Waals surface area contributed by atoms with E-state index in [1.807, 2.05) is 12.3 Å². The van der Waals surface area contributed by atoms with Gasteiger partial charge in [-0.3, -0.25) is 10.00 Å². The molecule has 6 nitrogen and oxygen atoms in total. The van der Waals surface area contributed by atoms with Gasteiger partial charge in [0, 0.05) is 18.5 Å². The molecule has 2 aromatic rings. The second-order valence-corrected chi connectivity index (χ2v) is 5.12. The molecule has 2 amide bonds. The maximum Gasteiger partial charge on any atom is 0.320 e. The van der Waals surface area contributed by atoms with Gasteiger partial charge in [-0.2, -0.15) is 5.10 Å². The third-order valence-corrected chi connectivity index (χ3v) is 3.74. The maximum absolute atomic E-state index is 11.8. The number of urea groups is 1. The van der Waals surface area contributed by atoms with E-state index in [4.69, 9.17) is 0 Å². The number of amides is 2. The molecule has 2 rings (SSSR count). The van der Waals surface area contributed by atoms with Crippen molar-refractivity contribution in [2.75, 3.05) is 5.32 Å². The fourth-order valence-corrected chi connectivity index (χ4v) is 2.44. The molecule has 2 aromatic heterocycles. The Bertz CT molecular complexity index is 562. The minimum Gasteiger partial charge on any atom is -0.330 e. The average Bonchev–Trinajstić information content (AvgIpc) is 2.99. The van der Waals surface area contributed by atoms with E-state index in [0.717, 1.165) is 17.1 Å². The summed E-state index contributed by atoms with van der Waals surface area (Å²) in [5.74, 6) is 0.650. The van der Waals surface area contributed by atoms with E-state index in [2.05, 4.69) is 27.6 Å². The van der Waals surface area contributed by atoms with Gasteiger partial charge in [0.25, 0.3) is 0 Å². The number of carbonyl (C=O) groups is 1. The number of aryl methyl sites for hydroxylation is 2. The van der Waals surface area contributed by atoms with Gasteiger partial charge in [-0.05, 0) is 13.3 Å². The van der Waals surface area contributed by atoms with Crippen molar-refractivity contribution in [3.05, 3.63) is 28.3 Å². The Morgan fingerprint density at radius 1 is 1.58 bits per heavy atom. The molecule has 102 valence electrons. The van der Waals surface area contributed by atoms with Crippen LogP contribution in [0.1, 0.15) is 30.6 Å². The molecule has 2 N–H and O–H groups in total. The lowest BCUT2D eigenvalue weighted by atomic mass is 10.3. The fourth-order valence-electron chi connectivity index (χ4n) is 1.61. The molecule has 0 saturated heterocycles. The summed E-state index contributed by atoms with van der Waals surface area (Å²) in [5.41, 5.74) is 0.891. The lowest BCUT2D eigenvalue weighted by molar-refractivity contribution is 0.249. The first-order valence-electron chi connectivity index (χ1n) is 6.10. The van der Waals surface area contributed by atoms with Crippen LogP contribution in [0.3, 0.4) is 0 Å². The van der Waals surface area contributed by atoms with Crippen molar-refractivity contribution in [2.45, 2.75) is 26.3 Å². The second kappa shape index (κ2) is 5.83. The van der Waals surface area contributed by atoms with E-state index < -0.39 is 0 Å².